The Morgan fingerprint density at radius 2 is 2.00 bits per heavy atom. The van der Waals surface area contributed by atoms with Crippen molar-refractivity contribution in [1.82, 2.24) is 10.2 Å². The van der Waals surface area contributed by atoms with Gasteiger partial charge in [-0.15, -0.1) is 10.2 Å². The Kier molecular flexibility index (Phi) is 3.40. The maximum atomic E-state index is 12.3. The van der Waals surface area contributed by atoms with Crippen LogP contribution in [0.15, 0.2) is 29.8 Å². The first-order valence-electron chi connectivity index (χ1n) is 4.63. The Labute approximate surface area is 95.1 Å². The molecule has 2 aromatic rings. The summed E-state index contributed by atoms with van der Waals surface area (Å²) in [5, 5.41) is 11.3. The van der Waals surface area contributed by atoms with E-state index in [9.17, 15) is 8.78 Å². The maximum Gasteiger partial charge on any atom is 0.263 e. The lowest BCUT2D eigenvalue weighted by Crippen LogP contribution is -1.99. The normalized spacial score (nSPS) is 10.7. The first-order valence-corrected chi connectivity index (χ1v) is 5.50. The number of alkyl halides is 2. The zero-order valence-electron chi connectivity index (χ0n) is 8.23. The fourth-order valence-corrected chi connectivity index (χ4v) is 1.65. The number of nitrogens with zero attached hydrogens (tertiary/aromatic N) is 2. The van der Waals surface area contributed by atoms with Gasteiger partial charge in [0.2, 0.25) is 5.13 Å². The largest absolute Gasteiger partial charge is 0.356 e. The highest BCUT2D eigenvalue weighted by Gasteiger charge is 2.05. The SMILES string of the molecule is FC(F)c1ccc(CNc2nncs2)cc1. The highest BCUT2D eigenvalue weighted by molar-refractivity contribution is 7.13. The lowest BCUT2D eigenvalue weighted by atomic mass is 10.1. The molecule has 0 saturated heterocycles. The first-order chi connectivity index (χ1) is 7.75. The van der Waals surface area contributed by atoms with Crippen LogP contribution in [0, 0.1) is 0 Å². The molecule has 1 aromatic carbocycles. The summed E-state index contributed by atoms with van der Waals surface area (Å²) in [5.74, 6) is 0. The van der Waals surface area contributed by atoms with Crippen molar-refractivity contribution < 1.29 is 8.78 Å². The average molecular weight is 241 g/mol. The molecule has 1 heterocycles. The average Bonchev–Trinajstić information content (AvgIpc) is 2.80. The third-order valence-corrected chi connectivity index (χ3v) is 2.68. The van der Waals surface area contributed by atoms with Crippen LogP contribution in [-0.2, 0) is 6.54 Å². The quantitative estimate of drug-likeness (QED) is 0.893. The van der Waals surface area contributed by atoms with Crippen LogP contribution in [-0.4, -0.2) is 10.2 Å². The molecule has 2 rings (SSSR count). The molecule has 0 aliphatic carbocycles. The van der Waals surface area contributed by atoms with Crippen molar-refractivity contribution in [2.24, 2.45) is 0 Å². The third-order valence-electron chi connectivity index (χ3n) is 2.04. The molecular formula is C10H9F2N3S. The molecule has 3 nitrogen and oxygen atoms in total. The molecule has 0 spiro atoms. The van der Waals surface area contributed by atoms with Gasteiger partial charge in [0.15, 0.2) is 0 Å². The minimum absolute atomic E-state index is 0.0414. The Morgan fingerprint density at radius 1 is 1.25 bits per heavy atom. The second kappa shape index (κ2) is 4.98. The lowest BCUT2D eigenvalue weighted by Gasteiger charge is -2.04. The Hall–Kier alpha value is -1.56. The zero-order valence-corrected chi connectivity index (χ0v) is 9.05. The van der Waals surface area contributed by atoms with Crippen LogP contribution >= 0.6 is 11.3 Å². The van der Waals surface area contributed by atoms with Gasteiger partial charge in [-0.25, -0.2) is 8.78 Å². The highest BCUT2D eigenvalue weighted by atomic mass is 32.1. The zero-order chi connectivity index (χ0) is 11.4. The van der Waals surface area contributed by atoms with Crippen molar-refractivity contribution in [3.63, 3.8) is 0 Å². The number of hydrogen-bond acceptors (Lipinski definition) is 4. The van der Waals surface area contributed by atoms with Crippen molar-refractivity contribution in [3.05, 3.63) is 40.9 Å². The van der Waals surface area contributed by atoms with E-state index in [0.717, 1.165) is 10.7 Å². The van der Waals surface area contributed by atoms with Gasteiger partial charge < -0.3 is 5.32 Å². The molecule has 0 fully saturated rings. The highest BCUT2D eigenvalue weighted by Crippen LogP contribution is 2.19. The number of aromatic nitrogens is 2. The standard InChI is InChI=1S/C10H9F2N3S/c11-9(12)8-3-1-7(2-4-8)5-13-10-15-14-6-16-10/h1-4,6,9H,5H2,(H,13,15). The number of hydrogen-bond donors (Lipinski definition) is 1. The fraction of sp³-hybridized carbons (Fsp3) is 0.200. The van der Waals surface area contributed by atoms with Gasteiger partial charge in [0, 0.05) is 12.1 Å². The predicted octanol–water partition coefficient (Wildman–Crippen LogP) is 3.09. The maximum absolute atomic E-state index is 12.3. The second-order valence-electron chi connectivity index (χ2n) is 3.14. The minimum atomic E-state index is -2.41. The van der Waals surface area contributed by atoms with Gasteiger partial charge >= 0.3 is 0 Å². The lowest BCUT2D eigenvalue weighted by molar-refractivity contribution is 0.151. The topological polar surface area (TPSA) is 37.8 Å². The van der Waals surface area contributed by atoms with Gasteiger partial charge in [-0.2, -0.15) is 0 Å². The van der Waals surface area contributed by atoms with Crippen molar-refractivity contribution in [2.75, 3.05) is 5.32 Å². The smallest absolute Gasteiger partial charge is 0.263 e. The second-order valence-corrected chi connectivity index (χ2v) is 3.97. The minimum Gasteiger partial charge on any atom is -0.356 e. The summed E-state index contributed by atoms with van der Waals surface area (Å²) in [6.07, 6.45) is -2.41. The molecule has 1 N–H and O–H groups in total. The Balaban J connectivity index is 1.95. The number of rotatable bonds is 4. The molecule has 16 heavy (non-hydrogen) atoms. The third kappa shape index (κ3) is 2.73. The summed E-state index contributed by atoms with van der Waals surface area (Å²) in [6.45, 7) is 0.554. The van der Waals surface area contributed by atoms with E-state index < -0.39 is 6.43 Å². The summed E-state index contributed by atoms with van der Waals surface area (Å²) < 4.78 is 24.6. The van der Waals surface area contributed by atoms with Gasteiger partial charge in [0.1, 0.15) is 5.51 Å². The molecule has 0 bridgehead atoms. The van der Waals surface area contributed by atoms with Gasteiger partial charge in [-0.05, 0) is 5.56 Å². The van der Waals surface area contributed by atoms with E-state index in [2.05, 4.69) is 15.5 Å². The molecule has 6 heteroatoms. The van der Waals surface area contributed by atoms with E-state index in [0.29, 0.717) is 6.54 Å². The van der Waals surface area contributed by atoms with Gasteiger partial charge in [0.05, 0.1) is 0 Å². The number of anilines is 1. The van der Waals surface area contributed by atoms with E-state index in [4.69, 9.17) is 0 Å². The van der Waals surface area contributed by atoms with E-state index in [-0.39, 0.29) is 5.56 Å². The van der Waals surface area contributed by atoms with Crippen LogP contribution in [0.1, 0.15) is 17.6 Å². The van der Waals surface area contributed by atoms with E-state index in [1.165, 1.54) is 23.5 Å². The van der Waals surface area contributed by atoms with E-state index in [1.807, 2.05) is 0 Å². The summed E-state index contributed by atoms with van der Waals surface area (Å²) in [6, 6.07) is 6.22. The molecular weight excluding hydrogens is 232 g/mol. The molecule has 0 saturated carbocycles. The van der Waals surface area contributed by atoms with Crippen LogP contribution < -0.4 is 5.32 Å². The number of nitrogens with one attached hydrogen (secondary N) is 1. The molecule has 0 amide bonds. The molecule has 0 atom stereocenters. The van der Waals surface area contributed by atoms with Crippen LogP contribution in [0.25, 0.3) is 0 Å². The predicted molar refractivity (Wildman–Crippen MR) is 58.6 cm³/mol. The van der Waals surface area contributed by atoms with Crippen LogP contribution in [0.4, 0.5) is 13.9 Å². The number of benzene rings is 1. The van der Waals surface area contributed by atoms with Crippen LogP contribution in [0.5, 0.6) is 0 Å². The molecule has 0 aliphatic rings. The first kappa shape index (κ1) is 10.9. The summed E-state index contributed by atoms with van der Waals surface area (Å²) in [5.41, 5.74) is 2.60. The Bertz CT molecular complexity index is 428. The fourth-order valence-electron chi connectivity index (χ4n) is 1.21. The van der Waals surface area contributed by atoms with Gasteiger partial charge in [0.25, 0.3) is 6.43 Å². The van der Waals surface area contributed by atoms with E-state index in [1.54, 1.807) is 17.6 Å². The van der Waals surface area contributed by atoms with Crippen molar-refractivity contribution in [3.8, 4) is 0 Å². The monoisotopic (exact) mass is 241 g/mol. The van der Waals surface area contributed by atoms with Gasteiger partial charge in [-0.3, -0.25) is 0 Å². The number of halogens is 2. The summed E-state index contributed by atoms with van der Waals surface area (Å²) in [7, 11) is 0. The van der Waals surface area contributed by atoms with Crippen LogP contribution in [0.2, 0.25) is 0 Å². The van der Waals surface area contributed by atoms with E-state index >= 15 is 0 Å². The molecule has 0 unspecified atom stereocenters. The Morgan fingerprint density at radius 3 is 2.56 bits per heavy atom. The summed E-state index contributed by atoms with van der Waals surface area (Å²) in [4.78, 5) is 0. The van der Waals surface area contributed by atoms with Crippen molar-refractivity contribution in [1.29, 1.82) is 0 Å². The van der Waals surface area contributed by atoms with Crippen molar-refractivity contribution in [2.45, 2.75) is 13.0 Å². The van der Waals surface area contributed by atoms with Gasteiger partial charge in [-0.1, -0.05) is 35.6 Å². The molecule has 84 valence electrons. The molecule has 0 aliphatic heterocycles. The molecule has 1 aromatic heterocycles. The van der Waals surface area contributed by atoms with Crippen LogP contribution in [0.3, 0.4) is 0 Å². The molecule has 0 radical (unpaired) electrons. The van der Waals surface area contributed by atoms with Crippen molar-refractivity contribution >= 4 is 16.5 Å². The summed E-state index contributed by atoms with van der Waals surface area (Å²) >= 11 is 1.40.